The average molecular weight is 347 g/mol. The number of amides is 2. The summed E-state index contributed by atoms with van der Waals surface area (Å²) < 4.78 is 13.1. The molecular weight excluding hydrogens is 321 g/mol. The number of primary amides is 1. The summed E-state index contributed by atoms with van der Waals surface area (Å²) in [5, 5.41) is 3.25. The molecule has 2 aliphatic rings. The van der Waals surface area contributed by atoms with Gasteiger partial charge >= 0.3 is 0 Å². The van der Waals surface area contributed by atoms with E-state index in [1.54, 1.807) is 12.1 Å². The Morgan fingerprint density at radius 3 is 2.44 bits per heavy atom. The second-order valence-corrected chi connectivity index (χ2v) is 7.16. The van der Waals surface area contributed by atoms with Gasteiger partial charge in [0.05, 0.1) is 0 Å². The van der Waals surface area contributed by atoms with Gasteiger partial charge in [0.1, 0.15) is 11.9 Å². The zero-order chi connectivity index (χ0) is 17.8. The number of carbonyl (C=O) groups excluding carboxylic acids is 2. The summed E-state index contributed by atoms with van der Waals surface area (Å²) in [7, 11) is 0. The number of rotatable bonds is 5. The second-order valence-electron chi connectivity index (χ2n) is 7.16. The predicted octanol–water partition coefficient (Wildman–Crippen LogP) is 2.12. The van der Waals surface area contributed by atoms with E-state index >= 15 is 0 Å². The summed E-state index contributed by atoms with van der Waals surface area (Å²) in [4.78, 5) is 26.4. The van der Waals surface area contributed by atoms with Crippen LogP contribution in [0.15, 0.2) is 24.3 Å². The molecule has 0 radical (unpaired) electrons. The summed E-state index contributed by atoms with van der Waals surface area (Å²) in [6.45, 7) is 1.31. The fourth-order valence-corrected chi connectivity index (χ4v) is 3.94. The number of hydrogen-bond donors (Lipinski definition) is 2. The zero-order valence-corrected chi connectivity index (χ0v) is 14.4. The third-order valence-electron chi connectivity index (χ3n) is 5.34. The molecule has 1 aliphatic heterocycles. The van der Waals surface area contributed by atoms with Gasteiger partial charge in [-0.3, -0.25) is 14.9 Å². The van der Waals surface area contributed by atoms with Crippen molar-refractivity contribution in [3.8, 4) is 0 Å². The van der Waals surface area contributed by atoms with Crippen molar-refractivity contribution in [3.05, 3.63) is 35.6 Å². The highest BCUT2D eigenvalue weighted by Gasteiger charge is 2.33. The molecule has 1 saturated heterocycles. The van der Waals surface area contributed by atoms with E-state index in [1.165, 1.54) is 18.6 Å². The highest BCUT2D eigenvalue weighted by atomic mass is 19.1. The molecule has 136 valence electrons. The number of benzene rings is 1. The molecule has 2 atom stereocenters. The van der Waals surface area contributed by atoms with Crippen LogP contribution in [0.25, 0.3) is 0 Å². The first-order valence-corrected chi connectivity index (χ1v) is 9.14. The maximum atomic E-state index is 13.1. The van der Waals surface area contributed by atoms with Crippen molar-refractivity contribution in [2.45, 2.75) is 50.6 Å². The van der Waals surface area contributed by atoms with E-state index in [0.29, 0.717) is 18.7 Å². The standard InChI is InChI=1S/C19H26FN3O2/c20-15-8-6-13(7-9-15)17(18(21)24)22-16-10-11-23(12-16)19(25)14-4-2-1-3-5-14/h6-9,14,16-17,22H,1-5,10-12H2,(H2,21,24)/t16-,17+/m0/s1. The number of halogens is 1. The number of carbonyl (C=O) groups is 2. The fraction of sp³-hybridized carbons (Fsp3) is 0.579. The lowest BCUT2D eigenvalue weighted by Gasteiger charge is -2.27. The Labute approximate surface area is 147 Å². The van der Waals surface area contributed by atoms with Gasteiger partial charge in [0.15, 0.2) is 0 Å². The molecule has 1 aromatic carbocycles. The number of nitrogens with one attached hydrogen (secondary N) is 1. The van der Waals surface area contributed by atoms with Crippen molar-refractivity contribution in [1.82, 2.24) is 10.2 Å². The summed E-state index contributed by atoms with van der Waals surface area (Å²) in [5.41, 5.74) is 6.16. The summed E-state index contributed by atoms with van der Waals surface area (Å²) in [6, 6.07) is 5.13. The Bertz CT molecular complexity index is 614. The molecule has 5 nitrogen and oxygen atoms in total. The van der Waals surface area contributed by atoms with Gasteiger partial charge in [0.25, 0.3) is 0 Å². The van der Waals surface area contributed by atoms with E-state index in [-0.39, 0.29) is 23.7 Å². The van der Waals surface area contributed by atoms with Gasteiger partial charge in [-0.25, -0.2) is 4.39 Å². The van der Waals surface area contributed by atoms with Crippen LogP contribution in [0.3, 0.4) is 0 Å². The molecule has 1 saturated carbocycles. The number of hydrogen-bond acceptors (Lipinski definition) is 3. The first-order chi connectivity index (χ1) is 12.0. The molecule has 1 aromatic rings. The number of nitrogens with two attached hydrogens (primary N) is 1. The zero-order valence-electron chi connectivity index (χ0n) is 14.4. The summed E-state index contributed by atoms with van der Waals surface area (Å²) in [6.07, 6.45) is 6.29. The van der Waals surface area contributed by atoms with Gasteiger partial charge in [0.2, 0.25) is 11.8 Å². The smallest absolute Gasteiger partial charge is 0.239 e. The van der Waals surface area contributed by atoms with E-state index in [4.69, 9.17) is 5.73 Å². The Morgan fingerprint density at radius 2 is 1.80 bits per heavy atom. The van der Waals surface area contributed by atoms with E-state index in [0.717, 1.165) is 32.1 Å². The maximum Gasteiger partial charge on any atom is 0.239 e. The summed E-state index contributed by atoms with van der Waals surface area (Å²) >= 11 is 0. The molecule has 2 fully saturated rings. The Balaban J connectivity index is 1.59. The Morgan fingerprint density at radius 1 is 1.12 bits per heavy atom. The summed E-state index contributed by atoms with van der Waals surface area (Å²) in [5.74, 6) is -0.432. The van der Waals surface area contributed by atoms with Crippen LogP contribution < -0.4 is 11.1 Å². The van der Waals surface area contributed by atoms with Gasteiger partial charge in [-0.2, -0.15) is 0 Å². The van der Waals surface area contributed by atoms with Crippen molar-refractivity contribution in [1.29, 1.82) is 0 Å². The minimum absolute atomic E-state index is 0.0232. The highest BCUT2D eigenvalue weighted by molar-refractivity contribution is 5.81. The van der Waals surface area contributed by atoms with Crippen LogP contribution in [0, 0.1) is 11.7 Å². The molecule has 0 aromatic heterocycles. The van der Waals surface area contributed by atoms with Crippen LogP contribution in [-0.4, -0.2) is 35.8 Å². The van der Waals surface area contributed by atoms with E-state index in [9.17, 15) is 14.0 Å². The minimum Gasteiger partial charge on any atom is -0.368 e. The van der Waals surface area contributed by atoms with Gasteiger partial charge in [-0.05, 0) is 37.0 Å². The molecule has 0 bridgehead atoms. The molecule has 3 N–H and O–H groups in total. The lowest BCUT2D eigenvalue weighted by molar-refractivity contribution is -0.135. The molecule has 2 amide bonds. The van der Waals surface area contributed by atoms with Gasteiger partial charge < -0.3 is 10.6 Å². The van der Waals surface area contributed by atoms with Crippen molar-refractivity contribution in [2.75, 3.05) is 13.1 Å². The normalized spacial score (nSPS) is 22.8. The molecule has 0 unspecified atom stereocenters. The van der Waals surface area contributed by atoms with Crippen LogP contribution in [0.1, 0.15) is 50.1 Å². The second kappa shape index (κ2) is 7.95. The molecular formula is C19H26FN3O2. The van der Waals surface area contributed by atoms with Gasteiger partial charge in [0, 0.05) is 25.0 Å². The molecule has 1 heterocycles. The molecule has 3 rings (SSSR count). The van der Waals surface area contributed by atoms with Crippen LogP contribution in [0.5, 0.6) is 0 Å². The number of nitrogens with zero attached hydrogens (tertiary/aromatic N) is 1. The Hall–Kier alpha value is -1.95. The SMILES string of the molecule is NC(=O)[C@H](N[C@H]1CCN(C(=O)C2CCCCC2)C1)c1ccc(F)cc1. The topological polar surface area (TPSA) is 75.4 Å². The lowest BCUT2D eigenvalue weighted by atomic mass is 9.88. The first-order valence-electron chi connectivity index (χ1n) is 9.14. The van der Waals surface area contributed by atoms with Crippen LogP contribution >= 0.6 is 0 Å². The first kappa shape index (κ1) is 17.9. The number of likely N-dealkylation sites (tertiary alicyclic amines) is 1. The van der Waals surface area contributed by atoms with Gasteiger partial charge in [-0.15, -0.1) is 0 Å². The van der Waals surface area contributed by atoms with Crippen molar-refractivity contribution in [2.24, 2.45) is 11.7 Å². The van der Waals surface area contributed by atoms with E-state index in [2.05, 4.69) is 5.32 Å². The fourth-order valence-electron chi connectivity index (χ4n) is 3.94. The van der Waals surface area contributed by atoms with Crippen molar-refractivity contribution >= 4 is 11.8 Å². The quantitative estimate of drug-likeness (QED) is 0.857. The molecule has 0 spiro atoms. The van der Waals surface area contributed by atoms with Gasteiger partial charge in [-0.1, -0.05) is 31.4 Å². The van der Waals surface area contributed by atoms with Crippen molar-refractivity contribution < 1.29 is 14.0 Å². The minimum atomic E-state index is -0.671. The molecule has 6 heteroatoms. The van der Waals surface area contributed by atoms with Crippen LogP contribution in [0.4, 0.5) is 4.39 Å². The van der Waals surface area contributed by atoms with Crippen LogP contribution in [-0.2, 0) is 9.59 Å². The largest absolute Gasteiger partial charge is 0.368 e. The van der Waals surface area contributed by atoms with Crippen LogP contribution in [0.2, 0.25) is 0 Å². The monoisotopic (exact) mass is 347 g/mol. The maximum absolute atomic E-state index is 13.1. The third kappa shape index (κ3) is 4.37. The predicted molar refractivity (Wildman–Crippen MR) is 93.0 cm³/mol. The average Bonchev–Trinajstić information content (AvgIpc) is 3.09. The van der Waals surface area contributed by atoms with E-state index in [1.807, 2.05) is 4.90 Å². The highest BCUT2D eigenvalue weighted by Crippen LogP contribution is 2.27. The lowest BCUT2D eigenvalue weighted by Crippen LogP contribution is -2.43. The van der Waals surface area contributed by atoms with Crippen molar-refractivity contribution in [3.63, 3.8) is 0 Å². The van der Waals surface area contributed by atoms with E-state index < -0.39 is 11.9 Å². The molecule has 25 heavy (non-hydrogen) atoms. The Kier molecular flexibility index (Phi) is 5.68. The third-order valence-corrected chi connectivity index (χ3v) is 5.34. The molecule has 1 aliphatic carbocycles.